The van der Waals surface area contributed by atoms with Crippen molar-refractivity contribution in [3.63, 3.8) is 0 Å². The van der Waals surface area contributed by atoms with Crippen molar-refractivity contribution in [1.82, 2.24) is 13.9 Å². The topological polar surface area (TPSA) is 79.0 Å². The van der Waals surface area contributed by atoms with Crippen LogP contribution in [0.1, 0.15) is 29.9 Å². The molecule has 2 aromatic rings. The molecule has 0 fully saturated rings. The molecule has 0 unspecified atom stereocenters. The van der Waals surface area contributed by atoms with Gasteiger partial charge in [0.15, 0.2) is 0 Å². The van der Waals surface area contributed by atoms with Gasteiger partial charge in [0.2, 0.25) is 10.0 Å². The fraction of sp³-hybridized carbons (Fsp3) is 0.375. The SMILES string of the molecule is CN(Cc1cn2c(n1)CCCC2)S(=O)(=O)c1ccc(C#N)cc1F. The fourth-order valence-electron chi connectivity index (χ4n) is 2.81. The van der Waals surface area contributed by atoms with Crippen LogP contribution in [0.2, 0.25) is 0 Å². The molecule has 1 aliphatic heterocycles. The number of fused-ring (bicyclic) bond motifs is 1. The molecule has 0 spiro atoms. The molecule has 3 rings (SSSR count). The van der Waals surface area contributed by atoms with Gasteiger partial charge in [-0.05, 0) is 31.0 Å². The largest absolute Gasteiger partial charge is 0.335 e. The normalized spacial score (nSPS) is 14.4. The maximum absolute atomic E-state index is 14.0. The first kappa shape index (κ1) is 16.6. The number of hydrogen-bond acceptors (Lipinski definition) is 4. The monoisotopic (exact) mass is 348 g/mol. The second kappa shape index (κ2) is 6.34. The minimum absolute atomic E-state index is 0.0712. The predicted molar refractivity (Wildman–Crippen MR) is 84.9 cm³/mol. The van der Waals surface area contributed by atoms with Crippen LogP contribution in [-0.4, -0.2) is 29.3 Å². The van der Waals surface area contributed by atoms with Crippen molar-refractivity contribution in [3.8, 4) is 6.07 Å². The highest BCUT2D eigenvalue weighted by Gasteiger charge is 2.26. The van der Waals surface area contributed by atoms with Crippen molar-refractivity contribution < 1.29 is 12.8 Å². The van der Waals surface area contributed by atoms with Crippen LogP contribution < -0.4 is 0 Å². The fourth-order valence-corrected chi connectivity index (χ4v) is 3.99. The van der Waals surface area contributed by atoms with E-state index in [-0.39, 0.29) is 12.1 Å². The van der Waals surface area contributed by atoms with Gasteiger partial charge in [0.05, 0.1) is 23.9 Å². The van der Waals surface area contributed by atoms with Crippen molar-refractivity contribution in [2.75, 3.05) is 7.05 Å². The number of rotatable bonds is 4. The molecule has 24 heavy (non-hydrogen) atoms. The maximum Gasteiger partial charge on any atom is 0.246 e. The van der Waals surface area contributed by atoms with Gasteiger partial charge in [0.1, 0.15) is 16.5 Å². The van der Waals surface area contributed by atoms with Gasteiger partial charge < -0.3 is 4.57 Å². The van der Waals surface area contributed by atoms with Crippen molar-refractivity contribution >= 4 is 10.0 Å². The van der Waals surface area contributed by atoms with Gasteiger partial charge in [-0.2, -0.15) is 9.57 Å². The lowest BCUT2D eigenvalue weighted by Gasteiger charge is -2.16. The van der Waals surface area contributed by atoms with Gasteiger partial charge in [0, 0.05) is 26.2 Å². The summed E-state index contributed by atoms with van der Waals surface area (Å²) in [6.07, 6.45) is 4.92. The van der Waals surface area contributed by atoms with Crippen molar-refractivity contribution in [2.45, 2.75) is 37.2 Å². The first-order valence-corrected chi connectivity index (χ1v) is 9.07. The molecule has 0 saturated carbocycles. The minimum Gasteiger partial charge on any atom is -0.335 e. The standard InChI is InChI=1S/C16H17FN4O2S/c1-20(10-13-11-21-7-3-2-4-16(21)19-13)24(22,23)15-6-5-12(9-18)8-14(15)17/h5-6,8,11H,2-4,7,10H2,1H3. The van der Waals surface area contributed by atoms with Gasteiger partial charge in [-0.15, -0.1) is 0 Å². The highest BCUT2D eigenvalue weighted by atomic mass is 32.2. The second-order valence-electron chi connectivity index (χ2n) is 5.82. The van der Waals surface area contributed by atoms with E-state index in [1.54, 1.807) is 6.07 Å². The molecule has 0 saturated heterocycles. The Morgan fingerprint density at radius 3 is 2.88 bits per heavy atom. The minimum atomic E-state index is -3.99. The lowest BCUT2D eigenvalue weighted by atomic mass is 10.2. The Hall–Kier alpha value is -2.24. The summed E-state index contributed by atoms with van der Waals surface area (Å²) in [5.41, 5.74) is 0.725. The van der Waals surface area contributed by atoms with Crippen LogP contribution in [0.3, 0.4) is 0 Å². The number of halogens is 1. The Kier molecular flexibility index (Phi) is 4.39. The average molecular weight is 348 g/mol. The lowest BCUT2D eigenvalue weighted by Crippen LogP contribution is -2.27. The maximum atomic E-state index is 14.0. The Balaban J connectivity index is 1.84. The van der Waals surface area contributed by atoms with E-state index in [0.29, 0.717) is 5.69 Å². The zero-order valence-electron chi connectivity index (χ0n) is 13.2. The van der Waals surface area contributed by atoms with Crippen LogP contribution in [-0.2, 0) is 29.5 Å². The Morgan fingerprint density at radius 1 is 1.42 bits per heavy atom. The van der Waals surface area contributed by atoms with Crippen molar-refractivity contribution in [2.24, 2.45) is 0 Å². The van der Waals surface area contributed by atoms with Gasteiger partial charge >= 0.3 is 0 Å². The number of hydrogen-bond donors (Lipinski definition) is 0. The quantitative estimate of drug-likeness (QED) is 0.847. The van der Waals surface area contributed by atoms with Crippen LogP contribution in [0.5, 0.6) is 0 Å². The molecule has 0 atom stereocenters. The first-order valence-electron chi connectivity index (χ1n) is 7.63. The van der Waals surface area contributed by atoms with Gasteiger partial charge in [-0.3, -0.25) is 0 Å². The highest BCUT2D eigenvalue weighted by molar-refractivity contribution is 7.89. The summed E-state index contributed by atoms with van der Waals surface area (Å²) in [6.45, 7) is 0.963. The van der Waals surface area contributed by atoms with Crippen LogP contribution in [0.25, 0.3) is 0 Å². The van der Waals surface area contributed by atoms with Crippen molar-refractivity contribution in [1.29, 1.82) is 5.26 Å². The number of nitriles is 1. The number of benzene rings is 1. The summed E-state index contributed by atoms with van der Waals surface area (Å²) >= 11 is 0. The van der Waals surface area contributed by atoms with Gasteiger partial charge in [-0.25, -0.2) is 17.8 Å². The number of imidazole rings is 1. The van der Waals surface area contributed by atoms with Crippen LogP contribution >= 0.6 is 0 Å². The third-order valence-corrected chi connectivity index (χ3v) is 5.93. The van der Waals surface area contributed by atoms with E-state index >= 15 is 0 Å². The zero-order chi connectivity index (χ0) is 17.3. The Morgan fingerprint density at radius 2 is 2.21 bits per heavy atom. The summed E-state index contributed by atoms with van der Waals surface area (Å²) in [4.78, 5) is 4.03. The number of nitrogens with zero attached hydrogens (tertiary/aromatic N) is 4. The Bertz CT molecular complexity index is 891. The van der Waals surface area contributed by atoms with E-state index in [2.05, 4.69) is 4.98 Å². The zero-order valence-corrected chi connectivity index (χ0v) is 14.1. The molecule has 1 aromatic heterocycles. The molecule has 2 heterocycles. The summed E-state index contributed by atoms with van der Waals surface area (Å²) in [5, 5.41) is 8.75. The van der Waals surface area contributed by atoms with Gasteiger partial charge in [0.25, 0.3) is 0 Å². The van der Waals surface area contributed by atoms with E-state index in [9.17, 15) is 12.8 Å². The third-order valence-electron chi connectivity index (χ3n) is 4.09. The molecular formula is C16H17FN4O2S. The number of aromatic nitrogens is 2. The molecule has 0 bridgehead atoms. The summed E-state index contributed by atoms with van der Waals surface area (Å²) in [6, 6.07) is 5.12. The molecular weight excluding hydrogens is 331 g/mol. The third kappa shape index (κ3) is 3.05. The van der Waals surface area contributed by atoms with Crippen LogP contribution in [0, 0.1) is 17.1 Å². The van der Waals surface area contributed by atoms with Crippen LogP contribution in [0.4, 0.5) is 4.39 Å². The summed E-state index contributed by atoms with van der Waals surface area (Å²) < 4.78 is 42.3. The van der Waals surface area contributed by atoms with Gasteiger partial charge in [-0.1, -0.05) is 0 Å². The first-order chi connectivity index (χ1) is 11.4. The van der Waals surface area contributed by atoms with E-state index < -0.39 is 20.7 Å². The summed E-state index contributed by atoms with van der Waals surface area (Å²) in [7, 11) is -2.60. The molecule has 1 aromatic carbocycles. The average Bonchev–Trinajstić information content (AvgIpc) is 2.96. The number of aryl methyl sites for hydroxylation is 2. The lowest BCUT2D eigenvalue weighted by molar-refractivity contribution is 0.456. The van der Waals surface area contributed by atoms with E-state index in [0.717, 1.165) is 48.1 Å². The summed E-state index contributed by atoms with van der Waals surface area (Å²) in [5.74, 6) is 0.0386. The molecule has 8 heteroatoms. The molecule has 126 valence electrons. The molecule has 0 N–H and O–H groups in total. The smallest absolute Gasteiger partial charge is 0.246 e. The molecule has 0 aliphatic carbocycles. The number of sulfonamides is 1. The highest BCUT2D eigenvalue weighted by Crippen LogP contribution is 2.22. The predicted octanol–water partition coefficient (Wildman–Crippen LogP) is 2.05. The molecule has 0 amide bonds. The molecule has 0 radical (unpaired) electrons. The van der Waals surface area contributed by atoms with Crippen molar-refractivity contribution in [3.05, 3.63) is 47.3 Å². The molecule has 6 nitrogen and oxygen atoms in total. The molecule has 1 aliphatic rings. The second-order valence-corrected chi connectivity index (χ2v) is 7.83. The Labute approximate surface area is 140 Å². The van der Waals surface area contributed by atoms with E-state index in [1.165, 1.54) is 13.1 Å². The van der Waals surface area contributed by atoms with E-state index in [4.69, 9.17) is 5.26 Å². The van der Waals surface area contributed by atoms with Crippen LogP contribution in [0.15, 0.2) is 29.3 Å². The van der Waals surface area contributed by atoms with E-state index in [1.807, 2.05) is 10.8 Å².